The van der Waals surface area contributed by atoms with Crippen molar-refractivity contribution in [3.05, 3.63) is 77.6 Å². The Bertz CT molecular complexity index is 895. The Morgan fingerprint density at radius 1 is 1.07 bits per heavy atom. The van der Waals surface area contributed by atoms with Gasteiger partial charge in [-0.1, -0.05) is 62.6 Å². The zero-order valence-corrected chi connectivity index (χ0v) is 15.9. The summed E-state index contributed by atoms with van der Waals surface area (Å²) in [7, 11) is 0. The van der Waals surface area contributed by atoms with Crippen LogP contribution < -0.4 is 0 Å². The van der Waals surface area contributed by atoms with Gasteiger partial charge in [0.05, 0.1) is 5.52 Å². The summed E-state index contributed by atoms with van der Waals surface area (Å²) in [5.74, 6) is 0.564. The lowest BCUT2D eigenvalue weighted by Crippen LogP contribution is -2.10. The third kappa shape index (κ3) is 4.73. The molecule has 2 aromatic heterocycles. The first-order valence-electron chi connectivity index (χ1n) is 9.85. The summed E-state index contributed by atoms with van der Waals surface area (Å²) >= 11 is 0. The quantitative estimate of drug-likeness (QED) is 0.340. The number of unbranched alkanes of at least 4 members (excludes halogenated alkanes) is 1. The molecule has 0 bridgehead atoms. The fourth-order valence-corrected chi connectivity index (χ4v) is 3.74. The summed E-state index contributed by atoms with van der Waals surface area (Å²) in [6.45, 7) is 2.18. The van der Waals surface area contributed by atoms with E-state index in [1.807, 2.05) is 59.1 Å². The number of aldehydes is 1. The van der Waals surface area contributed by atoms with Gasteiger partial charge in [-0.15, -0.1) is 0 Å². The summed E-state index contributed by atoms with van der Waals surface area (Å²) in [4.78, 5) is 24.2. The van der Waals surface area contributed by atoms with Crippen molar-refractivity contribution >= 4 is 17.6 Å². The number of ketones is 1. The van der Waals surface area contributed by atoms with Gasteiger partial charge in [0.2, 0.25) is 0 Å². The fourth-order valence-electron chi connectivity index (χ4n) is 3.74. The van der Waals surface area contributed by atoms with Crippen molar-refractivity contribution in [1.82, 2.24) is 4.40 Å². The third-order valence-electron chi connectivity index (χ3n) is 5.28. The van der Waals surface area contributed by atoms with Crippen LogP contribution in [0.4, 0.5) is 0 Å². The lowest BCUT2D eigenvalue weighted by atomic mass is 9.88. The third-order valence-corrected chi connectivity index (χ3v) is 5.28. The van der Waals surface area contributed by atoms with Gasteiger partial charge in [-0.3, -0.25) is 9.59 Å². The molecule has 2 heterocycles. The Hall–Kier alpha value is -2.68. The maximum absolute atomic E-state index is 12.6. The second-order valence-electron chi connectivity index (χ2n) is 7.22. The van der Waals surface area contributed by atoms with E-state index in [1.54, 1.807) is 0 Å². The molecule has 0 fully saturated rings. The number of benzene rings is 1. The summed E-state index contributed by atoms with van der Waals surface area (Å²) in [6.07, 6.45) is 10.6. The summed E-state index contributed by atoms with van der Waals surface area (Å²) in [6, 6.07) is 15.4. The molecule has 140 valence electrons. The van der Waals surface area contributed by atoms with Gasteiger partial charge in [0.1, 0.15) is 0 Å². The van der Waals surface area contributed by atoms with Crippen LogP contribution in [-0.4, -0.2) is 16.5 Å². The lowest BCUT2D eigenvalue weighted by Gasteiger charge is -2.16. The zero-order chi connectivity index (χ0) is 19.1. The minimum atomic E-state index is 0.217. The average molecular weight is 361 g/mol. The maximum atomic E-state index is 12.6. The lowest BCUT2D eigenvalue weighted by molar-refractivity contribution is 0.0955. The van der Waals surface area contributed by atoms with E-state index in [9.17, 15) is 9.59 Å². The van der Waals surface area contributed by atoms with Gasteiger partial charge in [0, 0.05) is 29.9 Å². The molecular weight excluding hydrogens is 334 g/mol. The Morgan fingerprint density at radius 2 is 1.85 bits per heavy atom. The highest BCUT2D eigenvalue weighted by Crippen LogP contribution is 2.25. The van der Waals surface area contributed by atoms with E-state index in [4.69, 9.17) is 0 Å². The van der Waals surface area contributed by atoms with Crippen molar-refractivity contribution in [2.75, 3.05) is 0 Å². The largest absolute Gasteiger partial charge is 0.323 e. The number of hydrogen-bond acceptors (Lipinski definition) is 2. The number of aryl methyl sites for hydroxylation is 1. The number of rotatable bonds is 10. The second kappa shape index (κ2) is 9.31. The molecule has 1 aromatic carbocycles. The molecule has 0 N–H and O–H groups in total. The van der Waals surface area contributed by atoms with Gasteiger partial charge in [-0.2, -0.15) is 0 Å². The van der Waals surface area contributed by atoms with Crippen LogP contribution in [-0.2, 0) is 6.42 Å². The maximum Gasteiger partial charge on any atom is 0.163 e. The van der Waals surface area contributed by atoms with Crippen molar-refractivity contribution in [1.29, 1.82) is 0 Å². The minimum Gasteiger partial charge on any atom is -0.323 e. The summed E-state index contributed by atoms with van der Waals surface area (Å²) < 4.78 is 2.01. The van der Waals surface area contributed by atoms with Crippen molar-refractivity contribution in [2.24, 2.45) is 5.92 Å². The molecule has 3 nitrogen and oxygen atoms in total. The molecule has 0 aliphatic rings. The Labute approximate surface area is 161 Å². The fraction of sp³-hybridized carbons (Fsp3) is 0.333. The first kappa shape index (κ1) is 19.1. The molecule has 0 aliphatic carbocycles. The number of carbonyl (C=O) groups excluding carboxylic acids is 2. The highest BCUT2D eigenvalue weighted by atomic mass is 16.1. The molecule has 3 heteroatoms. The van der Waals surface area contributed by atoms with Gasteiger partial charge in [-0.25, -0.2) is 0 Å². The van der Waals surface area contributed by atoms with Crippen LogP contribution in [0.2, 0.25) is 0 Å². The molecular formula is C24H27NO2. The minimum absolute atomic E-state index is 0.217. The van der Waals surface area contributed by atoms with Crippen LogP contribution >= 0.6 is 0 Å². The number of aromatic nitrogens is 1. The molecule has 0 amide bonds. The van der Waals surface area contributed by atoms with Gasteiger partial charge < -0.3 is 4.40 Å². The molecule has 0 saturated carbocycles. The van der Waals surface area contributed by atoms with Crippen LogP contribution in [0.3, 0.4) is 0 Å². The molecule has 1 unspecified atom stereocenters. The van der Waals surface area contributed by atoms with Gasteiger partial charge in [0.25, 0.3) is 0 Å². The molecule has 0 spiro atoms. The van der Waals surface area contributed by atoms with E-state index in [-0.39, 0.29) is 5.78 Å². The molecule has 3 aromatic rings. The van der Waals surface area contributed by atoms with Crippen LogP contribution in [0.25, 0.3) is 5.52 Å². The molecule has 0 saturated heterocycles. The summed E-state index contributed by atoms with van der Waals surface area (Å²) in [5.41, 5.74) is 3.60. The van der Waals surface area contributed by atoms with Gasteiger partial charge in [-0.05, 0) is 36.5 Å². The zero-order valence-electron chi connectivity index (χ0n) is 15.9. The number of carbonyl (C=O) groups is 2. The van der Waals surface area contributed by atoms with E-state index in [2.05, 4.69) is 13.1 Å². The average Bonchev–Trinajstić information content (AvgIpc) is 3.08. The Morgan fingerprint density at radius 3 is 2.59 bits per heavy atom. The molecule has 3 rings (SSSR count). The normalized spacial score (nSPS) is 12.2. The molecule has 27 heavy (non-hydrogen) atoms. The number of hydrogen-bond donors (Lipinski definition) is 0. The van der Waals surface area contributed by atoms with E-state index in [0.717, 1.165) is 60.6 Å². The predicted octanol–water partition coefficient (Wildman–Crippen LogP) is 5.76. The van der Waals surface area contributed by atoms with Crippen molar-refractivity contribution in [3.8, 4) is 0 Å². The monoisotopic (exact) mass is 361 g/mol. The van der Waals surface area contributed by atoms with Crippen LogP contribution in [0.1, 0.15) is 65.3 Å². The first-order valence-corrected chi connectivity index (χ1v) is 9.85. The molecule has 1 atom stereocenters. The standard InChI is InChI=1S/C24H27NO2/c1-2-3-9-19(16-24(27)20-10-5-4-6-11-20)13-14-21-17-25-15-8-7-12-23(25)22(21)18-26/h4-8,10-12,15,17-19H,2-3,9,13-14,16H2,1H3. The van der Waals surface area contributed by atoms with E-state index < -0.39 is 0 Å². The van der Waals surface area contributed by atoms with E-state index in [1.165, 1.54) is 0 Å². The molecule has 0 radical (unpaired) electrons. The van der Waals surface area contributed by atoms with Crippen molar-refractivity contribution in [3.63, 3.8) is 0 Å². The van der Waals surface area contributed by atoms with Gasteiger partial charge >= 0.3 is 0 Å². The number of fused-ring (bicyclic) bond motifs is 1. The van der Waals surface area contributed by atoms with E-state index >= 15 is 0 Å². The van der Waals surface area contributed by atoms with Gasteiger partial charge in [0.15, 0.2) is 12.1 Å². The second-order valence-corrected chi connectivity index (χ2v) is 7.22. The highest BCUT2D eigenvalue weighted by molar-refractivity contribution is 5.96. The van der Waals surface area contributed by atoms with Crippen LogP contribution in [0, 0.1) is 5.92 Å². The van der Waals surface area contributed by atoms with Crippen LogP contribution in [0.5, 0.6) is 0 Å². The smallest absolute Gasteiger partial charge is 0.163 e. The van der Waals surface area contributed by atoms with Crippen molar-refractivity contribution < 1.29 is 9.59 Å². The number of pyridine rings is 1. The molecule has 0 aliphatic heterocycles. The predicted molar refractivity (Wildman–Crippen MR) is 110 cm³/mol. The van der Waals surface area contributed by atoms with Crippen LogP contribution in [0.15, 0.2) is 60.9 Å². The highest BCUT2D eigenvalue weighted by Gasteiger charge is 2.17. The van der Waals surface area contributed by atoms with Crippen molar-refractivity contribution in [2.45, 2.75) is 45.4 Å². The Balaban J connectivity index is 1.71. The number of Topliss-reactive ketones (excluding diaryl/α,β-unsaturated/α-hetero) is 1. The first-order chi connectivity index (χ1) is 13.2. The SMILES string of the molecule is CCCCC(CCc1cn2ccccc2c1C=O)CC(=O)c1ccccc1. The number of nitrogens with zero attached hydrogens (tertiary/aromatic N) is 1. The topological polar surface area (TPSA) is 38.5 Å². The summed E-state index contributed by atoms with van der Waals surface area (Å²) in [5, 5.41) is 0. The van der Waals surface area contributed by atoms with E-state index in [0.29, 0.717) is 12.3 Å². The Kier molecular flexibility index (Phi) is 6.59.